The van der Waals surface area contributed by atoms with Gasteiger partial charge >= 0.3 is 0 Å². The van der Waals surface area contributed by atoms with Gasteiger partial charge < -0.3 is 19.7 Å². The van der Waals surface area contributed by atoms with E-state index in [-0.39, 0.29) is 24.0 Å². The molecule has 1 aromatic rings. The Morgan fingerprint density at radius 1 is 1.32 bits per heavy atom. The molecule has 6 heteroatoms. The van der Waals surface area contributed by atoms with E-state index in [1.165, 1.54) is 0 Å². The molecular weight excluding hydrogens is 429 g/mol. The standard InChI is InChI=1S/C19H31N3O2.HI/c1-6-9-10-13-22(4)19(20-7-2)21-15-16-11-12-17(24-8-3)18(14-16)23-5;/h6,11-12,14H,1,7-10,13,15H2,2-5H3,(H,20,21);1H. The second-order valence-corrected chi connectivity index (χ2v) is 5.44. The van der Waals surface area contributed by atoms with Gasteiger partial charge in [0.05, 0.1) is 20.3 Å². The average Bonchev–Trinajstić information content (AvgIpc) is 2.59. The topological polar surface area (TPSA) is 46.1 Å². The summed E-state index contributed by atoms with van der Waals surface area (Å²) in [7, 11) is 3.71. The fraction of sp³-hybridized carbons (Fsp3) is 0.526. The number of ether oxygens (including phenoxy) is 2. The van der Waals surface area contributed by atoms with E-state index >= 15 is 0 Å². The highest BCUT2D eigenvalue weighted by Crippen LogP contribution is 2.28. The first-order valence-electron chi connectivity index (χ1n) is 8.56. The van der Waals surface area contributed by atoms with Gasteiger partial charge in [0.2, 0.25) is 0 Å². The van der Waals surface area contributed by atoms with E-state index in [2.05, 4.69) is 30.8 Å². The number of rotatable bonds is 10. The van der Waals surface area contributed by atoms with Crippen molar-refractivity contribution in [1.29, 1.82) is 0 Å². The maximum absolute atomic E-state index is 5.55. The summed E-state index contributed by atoms with van der Waals surface area (Å²) in [6.45, 7) is 10.8. The van der Waals surface area contributed by atoms with Crippen LogP contribution >= 0.6 is 24.0 Å². The first-order chi connectivity index (χ1) is 11.7. The summed E-state index contributed by atoms with van der Waals surface area (Å²) in [6.07, 6.45) is 4.03. The fourth-order valence-electron chi connectivity index (χ4n) is 2.30. The molecule has 1 rings (SSSR count). The number of allylic oxidation sites excluding steroid dienone is 1. The molecule has 0 unspecified atom stereocenters. The fourth-order valence-corrected chi connectivity index (χ4v) is 2.30. The normalized spacial score (nSPS) is 10.6. The largest absolute Gasteiger partial charge is 0.493 e. The Morgan fingerprint density at radius 3 is 2.68 bits per heavy atom. The Labute approximate surface area is 169 Å². The predicted molar refractivity (Wildman–Crippen MR) is 116 cm³/mol. The molecule has 1 aromatic carbocycles. The van der Waals surface area contributed by atoms with Crippen LogP contribution in [-0.4, -0.2) is 44.7 Å². The van der Waals surface area contributed by atoms with Gasteiger partial charge in [0.25, 0.3) is 0 Å². The number of methoxy groups -OCH3 is 1. The van der Waals surface area contributed by atoms with Crippen LogP contribution in [0, 0.1) is 0 Å². The van der Waals surface area contributed by atoms with Gasteiger partial charge in [-0.3, -0.25) is 0 Å². The van der Waals surface area contributed by atoms with Gasteiger partial charge in [-0.05, 0) is 44.4 Å². The van der Waals surface area contributed by atoms with Crippen molar-refractivity contribution in [3.05, 3.63) is 36.4 Å². The maximum atomic E-state index is 5.55. The van der Waals surface area contributed by atoms with Gasteiger partial charge in [0.15, 0.2) is 17.5 Å². The van der Waals surface area contributed by atoms with Crippen molar-refractivity contribution >= 4 is 29.9 Å². The lowest BCUT2D eigenvalue weighted by Gasteiger charge is -2.21. The van der Waals surface area contributed by atoms with E-state index in [4.69, 9.17) is 14.5 Å². The molecule has 0 saturated carbocycles. The zero-order valence-corrected chi connectivity index (χ0v) is 18.2. The van der Waals surface area contributed by atoms with Crippen LogP contribution in [0.1, 0.15) is 32.3 Å². The highest BCUT2D eigenvalue weighted by Gasteiger charge is 2.07. The molecule has 0 aromatic heterocycles. The Morgan fingerprint density at radius 2 is 2.08 bits per heavy atom. The SMILES string of the molecule is C=CCCCN(C)C(=NCc1ccc(OCC)c(OC)c1)NCC.I. The highest BCUT2D eigenvalue weighted by atomic mass is 127. The van der Waals surface area contributed by atoms with E-state index in [0.717, 1.165) is 49.0 Å². The molecule has 1 N–H and O–H groups in total. The van der Waals surface area contributed by atoms with Crippen molar-refractivity contribution in [3.63, 3.8) is 0 Å². The van der Waals surface area contributed by atoms with Gasteiger partial charge in [-0.25, -0.2) is 4.99 Å². The van der Waals surface area contributed by atoms with Crippen LogP contribution in [0.25, 0.3) is 0 Å². The number of nitrogens with one attached hydrogen (secondary N) is 1. The number of guanidine groups is 1. The van der Waals surface area contributed by atoms with Crippen LogP contribution in [0.3, 0.4) is 0 Å². The zero-order valence-electron chi connectivity index (χ0n) is 15.9. The zero-order chi connectivity index (χ0) is 17.8. The Bertz CT molecular complexity index is 535. The van der Waals surface area contributed by atoms with E-state index in [1.54, 1.807) is 7.11 Å². The molecule has 142 valence electrons. The molecule has 0 amide bonds. The summed E-state index contributed by atoms with van der Waals surface area (Å²) in [6, 6.07) is 5.95. The number of unbranched alkanes of at least 4 members (excludes halogenated alkanes) is 1. The van der Waals surface area contributed by atoms with Crippen LogP contribution in [0.15, 0.2) is 35.8 Å². The van der Waals surface area contributed by atoms with Crippen LogP contribution < -0.4 is 14.8 Å². The number of benzene rings is 1. The summed E-state index contributed by atoms with van der Waals surface area (Å²) >= 11 is 0. The minimum absolute atomic E-state index is 0. The third-order valence-electron chi connectivity index (χ3n) is 3.54. The minimum atomic E-state index is 0. The summed E-state index contributed by atoms with van der Waals surface area (Å²) in [5, 5.41) is 3.33. The summed E-state index contributed by atoms with van der Waals surface area (Å²) in [5.41, 5.74) is 1.09. The average molecular weight is 461 g/mol. The van der Waals surface area contributed by atoms with Crippen LogP contribution in [-0.2, 0) is 6.54 Å². The third-order valence-corrected chi connectivity index (χ3v) is 3.54. The Kier molecular flexibility index (Phi) is 13.0. The molecule has 0 aliphatic rings. The third kappa shape index (κ3) is 8.47. The van der Waals surface area contributed by atoms with E-state index in [1.807, 2.05) is 31.2 Å². The number of nitrogens with zero attached hydrogens (tertiary/aromatic N) is 2. The van der Waals surface area contributed by atoms with Crippen LogP contribution in [0.4, 0.5) is 0 Å². The molecular formula is C19H32IN3O2. The molecule has 0 atom stereocenters. The molecule has 0 spiro atoms. The maximum Gasteiger partial charge on any atom is 0.193 e. The first-order valence-corrected chi connectivity index (χ1v) is 8.56. The number of halogens is 1. The van der Waals surface area contributed by atoms with Gasteiger partial charge in [-0.2, -0.15) is 0 Å². The van der Waals surface area contributed by atoms with Crippen molar-refractivity contribution in [3.8, 4) is 11.5 Å². The smallest absolute Gasteiger partial charge is 0.193 e. The molecule has 0 bridgehead atoms. The second-order valence-electron chi connectivity index (χ2n) is 5.44. The Balaban J connectivity index is 0.00000576. The van der Waals surface area contributed by atoms with Crippen molar-refractivity contribution in [2.45, 2.75) is 33.2 Å². The number of hydrogen-bond donors (Lipinski definition) is 1. The van der Waals surface area contributed by atoms with Crippen molar-refractivity contribution in [2.75, 3.05) is 33.9 Å². The molecule has 0 aliphatic carbocycles. The number of hydrogen-bond acceptors (Lipinski definition) is 3. The summed E-state index contributed by atoms with van der Waals surface area (Å²) < 4.78 is 10.9. The van der Waals surface area contributed by atoms with E-state index in [0.29, 0.717) is 13.2 Å². The van der Waals surface area contributed by atoms with Gasteiger partial charge in [0.1, 0.15) is 0 Å². The minimum Gasteiger partial charge on any atom is -0.493 e. The lowest BCUT2D eigenvalue weighted by molar-refractivity contribution is 0.310. The Hall–Kier alpha value is -1.44. The predicted octanol–water partition coefficient (Wildman–Crippen LogP) is 4.08. The van der Waals surface area contributed by atoms with Crippen LogP contribution in [0.5, 0.6) is 11.5 Å². The molecule has 0 radical (unpaired) electrons. The lowest BCUT2D eigenvalue weighted by atomic mass is 10.2. The monoisotopic (exact) mass is 461 g/mol. The van der Waals surface area contributed by atoms with Crippen molar-refractivity contribution in [1.82, 2.24) is 10.2 Å². The summed E-state index contributed by atoms with van der Waals surface area (Å²) in [4.78, 5) is 6.87. The van der Waals surface area contributed by atoms with Gasteiger partial charge in [-0.1, -0.05) is 12.1 Å². The highest BCUT2D eigenvalue weighted by molar-refractivity contribution is 14.0. The lowest BCUT2D eigenvalue weighted by Crippen LogP contribution is -2.39. The number of aliphatic imine (C=N–C) groups is 1. The molecule has 5 nitrogen and oxygen atoms in total. The quantitative estimate of drug-likeness (QED) is 0.188. The van der Waals surface area contributed by atoms with Gasteiger partial charge in [0, 0.05) is 20.1 Å². The van der Waals surface area contributed by atoms with E-state index in [9.17, 15) is 0 Å². The molecule has 25 heavy (non-hydrogen) atoms. The molecule has 0 fully saturated rings. The van der Waals surface area contributed by atoms with Crippen LogP contribution in [0.2, 0.25) is 0 Å². The van der Waals surface area contributed by atoms with Crippen molar-refractivity contribution in [2.24, 2.45) is 4.99 Å². The van der Waals surface area contributed by atoms with Crippen molar-refractivity contribution < 1.29 is 9.47 Å². The first kappa shape index (κ1) is 23.6. The summed E-state index contributed by atoms with van der Waals surface area (Å²) in [5.74, 6) is 2.42. The molecule has 0 saturated heterocycles. The second kappa shape index (κ2) is 13.8. The van der Waals surface area contributed by atoms with Gasteiger partial charge in [-0.15, -0.1) is 30.6 Å². The molecule has 0 aliphatic heterocycles. The van der Waals surface area contributed by atoms with E-state index < -0.39 is 0 Å². The molecule has 0 heterocycles.